The van der Waals surface area contributed by atoms with Crippen LogP contribution in [0.1, 0.15) is 25.0 Å². The summed E-state index contributed by atoms with van der Waals surface area (Å²) in [6.07, 6.45) is 3.87. The smallest absolute Gasteiger partial charge is 0.241 e. The number of carbonyl (C=O) groups excluding carboxylic acids is 2. The highest BCUT2D eigenvalue weighted by molar-refractivity contribution is 6.23. The molecule has 0 aliphatic carbocycles. The normalized spacial score (nSPS) is 39.0. The van der Waals surface area contributed by atoms with E-state index in [9.17, 15) is 9.59 Å². The van der Waals surface area contributed by atoms with Crippen molar-refractivity contribution in [1.82, 2.24) is 0 Å². The number of benzene rings is 1. The molecule has 114 valence electrons. The predicted molar refractivity (Wildman–Crippen MR) is 82.4 cm³/mol. The van der Waals surface area contributed by atoms with Crippen molar-refractivity contribution in [3.63, 3.8) is 0 Å². The average molecular weight is 297 g/mol. The summed E-state index contributed by atoms with van der Waals surface area (Å²) in [6.45, 7) is 7.80. The fourth-order valence-corrected chi connectivity index (χ4v) is 4.15. The number of rotatable bonds is 1. The molecule has 0 saturated carbocycles. The lowest BCUT2D eigenvalue weighted by Crippen LogP contribution is -2.39. The number of imide groups is 1. The highest BCUT2D eigenvalue weighted by atomic mass is 16.5. The maximum Gasteiger partial charge on any atom is 0.241 e. The molecule has 2 amide bonds. The second-order valence-electron chi connectivity index (χ2n) is 7.04. The molecule has 0 aromatic heterocycles. The highest BCUT2D eigenvalue weighted by Crippen LogP contribution is 2.57. The molecule has 1 aromatic rings. The van der Waals surface area contributed by atoms with Gasteiger partial charge in [-0.15, -0.1) is 0 Å². The third-order valence-electron chi connectivity index (χ3n) is 5.47. The zero-order chi connectivity index (χ0) is 15.9. The molecule has 3 heterocycles. The molecule has 2 bridgehead atoms. The third kappa shape index (κ3) is 1.46. The van der Waals surface area contributed by atoms with Crippen molar-refractivity contribution in [2.75, 3.05) is 4.90 Å². The van der Waals surface area contributed by atoms with Crippen molar-refractivity contribution in [3.8, 4) is 0 Å². The van der Waals surface area contributed by atoms with Gasteiger partial charge in [-0.25, -0.2) is 4.90 Å². The quantitative estimate of drug-likeness (QED) is 0.591. The number of ether oxygens (including phenoxy) is 1. The molecular formula is C18H19NO3. The summed E-state index contributed by atoms with van der Waals surface area (Å²) in [5, 5.41) is 0. The third-order valence-corrected chi connectivity index (χ3v) is 5.47. The molecule has 0 unspecified atom stereocenters. The van der Waals surface area contributed by atoms with Gasteiger partial charge in [-0.3, -0.25) is 9.59 Å². The van der Waals surface area contributed by atoms with Crippen molar-refractivity contribution >= 4 is 17.5 Å². The number of carbonyl (C=O) groups is 2. The predicted octanol–water partition coefficient (Wildman–Crippen LogP) is 2.53. The van der Waals surface area contributed by atoms with E-state index in [1.165, 1.54) is 4.90 Å². The van der Waals surface area contributed by atoms with Crippen LogP contribution < -0.4 is 4.90 Å². The second-order valence-corrected chi connectivity index (χ2v) is 7.04. The highest BCUT2D eigenvalue weighted by Gasteiger charge is 2.70. The number of anilines is 1. The van der Waals surface area contributed by atoms with Crippen LogP contribution in [-0.2, 0) is 14.3 Å². The molecule has 2 saturated heterocycles. The summed E-state index contributed by atoms with van der Waals surface area (Å²) >= 11 is 0. The fraction of sp³-hybridized carbons (Fsp3) is 0.444. The van der Waals surface area contributed by atoms with Gasteiger partial charge in [0, 0.05) is 0 Å². The number of hydrogen-bond donors (Lipinski definition) is 0. The van der Waals surface area contributed by atoms with E-state index in [1.54, 1.807) is 0 Å². The Kier molecular flexibility index (Phi) is 2.41. The van der Waals surface area contributed by atoms with Crippen molar-refractivity contribution in [2.45, 2.75) is 38.9 Å². The minimum atomic E-state index is -0.666. The van der Waals surface area contributed by atoms with Crippen LogP contribution in [0.25, 0.3) is 0 Å². The lowest BCUT2D eigenvalue weighted by Gasteiger charge is -2.25. The molecule has 4 atom stereocenters. The number of fused-ring (bicyclic) bond motifs is 5. The Morgan fingerprint density at radius 2 is 1.50 bits per heavy atom. The average Bonchev–Trinajstić information content (AvgIpc) is 2.99. The summed E-state index contributed by atoms with van der Waals surface area (Å²) in [6, 6.07) is 5.71. The van der Waals surface area contributed by atoms with Gasteiger partial charge in [-0.2, -0.15) is 0 Å². The van der Waals surface area contributed by atoms with E-state index in [1.807, 2.05) is 58.0 Å². The van der Waals surface area contributed by atoms with Gasteiger partial charge < -0.3 is 4.74 Å². The van der Waals surface area contributed by atoms with E-state index < -0.39 is 23.0 Å². The Hall–Kier alpha value is -1.94. The Morgan fingerprint density at radius 3 is 2.00 bits per heavy atom. The van der Waals surface area contributed by atoms with Crippen LogP contribution in [0.15, 0.2) is 30.4 Å². The topological polar surface area (TPSA) is 46.6 Å². The van der Waals surface area contributed by atoms with E-state index in [4.69, 9.17) is 4.74 Å². The number of amides is 2. The molecule has 2 fully saturated rings. The molecule has 0 spiro atoms. The van der Waals surface area contributed by atoms with Crippen LogP contribution in [-0.4, -0.2) is 23.0 Å². The van der Waals surface area contributed by atoms with E-state index in [-0.39, 0.29) is 11.8 Å². The van der Waals surface area contributed by atoms with Gasteiger partial charge in [0.15, 0.2) is 0 Å². The Morgan fingerprint density at radius 1 is 0.955 bits per heavy atom. The number of hydrogen-bond acceptors (Lipinski definition) is 3. The fourth-order valence-electron chi connectivity index (χ4n) is 4.15. The SMILES string of the molecule is Cc1ccc(N2C(=O)[C@@H]3[C@@H](C2=O)[C@@]2(C)C=C[C@@]3(C)O2)cc1C. The van der Waals surface area contributed by atoms with Gasteiger partial charge in [0.05, 0.1) is 28.7 Å². The first-order valence-corrected chi connectivity index (χ1v) is 7.62. The van der Waals surface area contributed by atoms with Gasteiger partial charge in [-0.05, 0) is 51.0 Å². The summed E-state index contributed by atoms with van der Waals surface area (Å²) in [7, 11) is 0. The minimum Gasteiger partial charge on any atom is -0.359 e. The van der Waals surface area contributed by atoms with Crippen LogP contribution in [0.3, 0.4) is 0 Å². The van der Waals surface area contributed by atoms with Crippen molar-refractivity contribution in [1.29, 1.82) is 0 Å². The van der Waals surface area contributed by atoms with Crippen molar-refractivity contribution in [3.05, 3.63) is 41.5 Å². The molecule has 0 N–H and O–H groups in total. The largest absolute Gasteiger partial charge is 0.359 e. The van der Waals surface area contributed by atoms with Gasteiger partial charge in [-0.1, -0.05) is 18.2 Å². The number of aryl methyl sites for hydroxylation is 2. The van der Waals surface area contributed by atoms with Gasteiger partial charge in [0.25, 0.3) is 0 Å². The zero-order valence-corrected chi connectivity index (χ0v) is 13.2. The summed E-state index contributed by atoms with van der Waals surface area (Å²) in [5.74, 6) is -1.13. The van der Waals surface area contributed by atoms with E-state index >= 15 is 0 Å². The molecule has 22 heavy (non-hydrogen) atoms. The first-order valence-electron chi connectivity index (χ1n) is 7.62. The number of nitrogens with zero attached hydrogens (tertiary/aromatic N) is 1. The molecule has 1 aromatic carbocycles. The first kappa shape index (κ1) is 13.7. The van der Waals surface area contributed by atoms with Crippen LogP contribution in [0.4, 0.5) is 5.69 Å². The Labute approximate surface area is 129 Å². The Bertz CT molecular complexity index is 717. The summed E-state index contributed by atoms with van der Waals surface area (Å²) in [4.78, 5) is 27.2. The second kappa shape index (κ2) is 3.87. The van der Waals surface area contributed by atoms with Gasteiger partial charge in [0.2, 0.25) is 11.8 Å². The maximum atomic E-state index is 12.9. The molecule has 4 nitrogen and oxygen atoms in total. The minimum absolute atomic E-state index is 0.145. The molecule has 4 rings (SSSR count). The molecular weight excluding hydrogens is 278 g/mol. The molecule has 3 aliphatic rings. The summed E-state index contributed by atoms with van der Waals surface area (Å²) < 4.78 is 6.00. The zero-order valence-electron chi connectivity index (χ0n) is 13.2. The standard InChI is InChI=1S/C18H19NO3/c1-10-5-6-12(9-11(10)2)19-15(20)13-14(16(19)21)18(4)8-7-17(13,3)22-18/h5-9,13-14H,1-4H3/t13-,14-,17+,18+/m0/s1. The lowest BCUT2D eigenvalue weighted by molar-refractivity contribution is -0.128. The molecule has 4 heteroatoms. The Balaban J connectivity index is 1.81. The summed E-state index contributed by atoms with van der Waals surface area (Å²) in [5.41, 5.74) is 1.55. The van der Waals surface area contributed by atoms with E-state index in [0.717, 1.165) is 11.1 Å². The molecule has 3 aliphatic heterocycles. The van der Waals surface area contributed by atoms with Gasteiger partial charge in [0.1, 0.15) is 0 Å². The van der Waals surface area contributed by atoms with E-state index in [2.05, 4.69) is 0 Å². The van der Waals surface area contributed by atoms with Crippen LogP contribution in [0.2, 0.25) is 0 Å². The van der Waals surface area contributed by atoms with Crippen LogP contribution in [0, 0.1) is 25.7 Å². The molecule has 0 radical (unpaired) electrons. The van der Waals surface area contributed by atoms with Gasteiger partial charge >= 0.3 is 0 Å². The lowest BCUT2D eigenvalue weighted by atomic mass is 9.73. The van der Waals surface area contributed by atoms with Crippen molar-refractivity contribution in [2.24, 2.45) is 11.8 Å². The monoisotopic (exact) mass is 297 g/mol. The van der Waals surface area contributed by atoms with Crippen LogP contribution in [0.5, 0.6) is 0 Å². The van der Waals surface area contributed by atoms with Crippen LogP contribution >= 0.6 is 0 Å². The van der Waals surface area contributed by atoms with E-state index in [0.29, 0.717) is 5.69 Å². The maximum absolute atomic E-state index is 12.9. The first-order chi connectivity index (χ1) is 10.3. The van der Waals surface area contributed by atoms with Crippen molar-refractivity contribution < 1.29 is 14.3 Å².